The highest BCUT2D eigenvalue weighted by atomic mass is 32.1. The summed E-state index contributed by atoms with van der Waals surface area (Å²) in [4.78, 5) is 1.46. The van der Waals surface area contributed by atoms with Crippen molar-refractivity contribution in [1.29, 1.82) is 0 Å². The first-order chi connectivity index (χ1) is 8.77. The Bertz CT molecular complexity index is 395. The number of hydrogen-bond acceptors (Lipinski definition) is 3. The van der Waals surface area contributed by atoms with Crippen molar-refractivity contribution in [2.75, 3.05) is 6.54 Å². The van der Waals surface area contributed by atoms with Crippen molar-refractivity contribution >= 4 is 11.3 Å². The average molecular weight is 265 g/mol. The summed E-state index contributed by atoms with van der Waals surface area (Å²) in [7, 11) is 0. The third-order valence-corrected chi connectivity index (χ3v) is 5.50. The Morgan fingerprint density at radius 1 is 1.39 bits per heavy atom. The number of rotatable bonds is 4. The van der Waals surface area contributed by atoms with Gasteiger partial charge in [-0.2, -0.15) is 0 Å². The largest absolute Gasteiger partial charge is 0.370 e. The fourth-order valence-corrected chi connectivity index (χ4v) is 4.23. The second-order valence-electron chi connectivity index (χ2n) is 5.83. The lowest BCUT2D eigenvalue weighted by atomic mass is 9.98. The van der Waals surface area contributed by atoms with E-state index < -0.39 is 0 Å². The van der Waals surface area contributed by atoms with Crippen LogP contribution in [0.5, 0.6) is 0 Å². The molecule has 1 atom stereocenters. The zero-order chi connectivity index (χ0) is 12.4. The molecule has 3 rings (SSSR count). The molecular weight excluding hydrogens is 242 g/mol. The number of ether oxygens (including phenoxy) is 1. The molecule has 1 spiro atoms. The first kappa shape index (κ1) is 12.6. The van der Waals surface area contributed by atoms with Crippen molar-refractivity contribution in [3.63, 3.8) is 0 Å². The molecule has 1 aliphatic carbocycles. The number of aryl methyl sites for hydroxylation is 1. The summed E-state index contributed by atoms with van der Waals surface area (Å²) in [6, 6.07) is 2.20. The van der Waals surface area contributed by atoms with Crippen LogP contribution in [0.1, 0.15) is 49.0 Å². The Hall–Kier alpha value is -0.380. The van der Waals surface area contributed by atoms with Crippen molar-refractivity contribution in [2.45, 2.75) is 63.7 Å². The summed E-state index contributed by atoms with van der Waals surface area (Å²) >= 11 is 1.85. The van der Waals surface area contributed by atoms with Crippen molar-refractivity contribution in [3.05, 3.63) is 21.9 Å². The molecule has 18 heavy (non-hydrogen) atoms. The van der Waals surface area contributed by atoms with Crippen molar-refractivity contribution in [1.82, 2.24) is 5.32 Å². The average Bonchev–Trinajstić information content (AvgIpc) is 3.06. The van der Waals surface area contributed by atoms with Crippen molar-refractivity contribution in [2.24, 2.45) is 0 Å². The zero-order valence-corrected chi connectivity index (χ0v) is 12.0. The van der Waals surface area contributed by atoms with Gasteiger partial charge in [-0.15, -0.1) is 11.3 Å². The second kappa shape index (κ2) is 5.32. The SMILES string of the molecule is Cc1ccsc1CNCC1CCC2(CCCC2)O1. The maximum absolute atomic E-state index is 6.30. The van der Waals surface area contributed by atoms with Crippen LogP contribution in [0.25, 0.3) is 0 Å². The summed E-state index contributed by atoms with van der Waals surface area (Å²) in [5.74, 6) is 0. The summed E-state index contributed by atoms with van der Waals surface area (Å²) in [6.45, 7) is 4.20. The molecule has 2 aliphatic rings. The lowest BCUT2D eigenvalue weighted by Gasteiger charge is -2.23. The lowest BCUT2D eigenvalue weighted by Crippen LogP contribution is -2.30. The van der Waals surface area contributed by atoms with Gasteiger partial charge in [-0.1, -0.05) is 12.8 Å². The van der Waals surface area contributed by atoms with E-state index in [4.69, 9.17) is 4.74 Å². The summed E-state index contributed by atoms with van der Waals surface area (Å²) in [6.07, 6.45) is 8.32. The van der Waals surface area contributed by atoms with E-state index in [1.807, 2.05) is 11.3 Å². The van der Waals surface area contributed by atoms with Crippen LogP contribution < -0.4 is 5.32 Å². The van der Waals surface area contributed by atoms with Crippen LogP contribution in [0.4, 0.5) is 0 Å². The van der Waals surface area contributed by atoms with Gasteiger partial charge in [-0.25, -0.2) is 0 Å². The number of hydrogen-bond donors (Lipinski definition) is 1. The molecule has 1 N–H and O–H groups in total. The first-order valence-corrected chi connectivity index (χ1v) is 8.07. The molecule has 0 aromatic carbocycles. The fourth-order valence-electron chi connectivity index (χ4n) is 3.36. The summed E-state index contributed by atoms with van der Waals surface area (Å²) < 4.78 is 6.30. The van der Waals surface area contributed by atoms with Gasteiger partial charge in [0.25, 0.3) is 0 Å². The summed E-state index contributed by atoms with van der Waals surface area (Å²) in [5.41, 5.74) is 1.69. The van der Waals surface area contributed by atoms with Crippen LogP contribution in [0.3, 0.4) is 0 Å². The molecule has 1 saturated carbocycles. The molecule has 1 saturated heterocycles. The van der Waals surface area contributed by atoms with E-state index in [9.17, 15) is 0 Å². The smallest absolute Gasteiger partial charge is 0.0708 e. The van der Waals surface area contributed by atoms with Gasteiger partial charge in [-0.05, 0) is 49.6 Å². The van der Waals surface area contributed by atoms with E-state index in [0.717, 1.165) is 13.1 Å². The molecule has 1 unspecified atom stereocenters. The third-order valence-electron chi connectivity index (χ3n) is 4.48. The standard InChI is InChI=1S/C15H23NOS/c1-12-5-9-18-14(12)11-16-10-13-4-8-15(17-13)6-2-3-7-15/h5,9,13,16H,2-4,6-8,10-11H2,1H3. The van der Waals surface area contributed by atoms with Crippen LogP contribution >= 0.6 is 11.3 Å². The molecule has 1 aromatic rings. The quantitative estimate of drug-likeness (QED) is 0.897. The van der Waals surface area contributed by atoms with Gasteiger partial charge in [0.2, 0.25) is 0 Å². The van der Waals surface area contributed by atoms with Gasteiger partial charge in [0.05, 0.1) is 11.7 Å². The third kappa shape index (κ3) is 2.63. The highest BCUT2D eigenvalue weighted by Crippen LogP contribution is 2.43. The number of thiophene rings is 1. The molecule has 0 radical (unpaired) electrons. The Balaban J connectivity index is 1.43. The Morgan fingerprint density at radius 2 is 2.22 bits per heavy atom. The van der Waals surface area contributed by atoms with E-state index in [2.05, 4.69) is 23.7 Å². The zero-order valence-electron chi connectivity index (χ0n) is 11.2. The highest BCUT2D eigenvalue weighted by Gasteiger charge is 2.41. The van der Waals surface area contributed by atoms with Gasteiger partial charge in [-0.3, -0.25) is 0 Å². The normalized spacial score (nSPS) is 26.2. The van der Waals surface area contributed by atoms with E-state index in [1.165, 1.54) is 49.0 Å². The fraction of sp³-hybridized carbons (Fsp3) is 0.733. The van der Waals surface area contributed by atoms with Crippen LogP contribution in [0.15, 0.2) is 11.4 Å². The molecule has 100 valence electrons. The first-order valence-electron chi connectivity index (χ1n) is 7.19. The van der Waals surface area contributed by atoms with Crippen molar-refractivity contribution < 1.29 is 4.74 Å². The molecule has 1 aromatic heterocycles. The van der Waals surface area contributed by atoms with Gasteiger partial charge < -0.3 is 10.1 Å². The molecule has 0 bridgehead atoms. The molecular formula is C15H23NOS. The molecule has 2 heterocycles. The maximum atomic E-state index is 6.30. The van der Waals surface area contributed by atoms with Crippen LogP contribution in [0, 0.1) is 6.92 Å². The maximum Gasteiger partial charge on any atom is 0.0708 e. The van der Waals surface area contributed by atoms with E-state index >= 15 is 0 Å². The minimum atomic E-state index is 0.283. The number of nitrogens with one attached hydrogen (secondary N) is 1. The van der Waals surface area contributed by atoms with E-state index in [1.54, 1.807) is 0 Å². The summed E-state index contributed by atoms with van der Waals surface area (Å²) in [5, 5.41) is 5.73. The Labute approximate surface area is 114 Å². The van der Waals surface area contributed by atoms with Gasteiger partial charge in [0.15, 0.2) is 0 Å². The highest BCUT2D eigenvalue weighted by molar-refractivity contribution is 7.10. The second-order valence-corrected chi connectivity index (χ2v) is 6.83. The molecule has 1 aliphatic heterocycles. The monoisotopic (exact) mass is 265 g/mol. The predicted molar refractivity (Wildman–Crippen MR) is 76.1 cm³/mol. The van der Waals surface area contributed by atoms with E-state index in [-0.39, 0.29) is 5.60 Å². The molecule has 3 heteroatoms. The van der Waals surface area contributed by atoms with E-state index in [0.29, 0.717) is 6.10 Å². The molecule has 2 fully saturated rings. The van der Waals surface area contributed by atoms with Gasteiger partial charge in [0, 0.05) is 18.0 Å². The van der Waals surface area contributed by atoms with Crippen LogP contribution in [0.2, 0.25) is 0 Å². The van der Waals surface area contributed by atoms with Crippen LogP contribution in [-0.2, 0) is 11.3 Å². The Kier molecular flexibility index (Phi) is 3.73. The predicted octanol–water partition coefficient (Wildman–Crippen LogP) is 3.64. The van der Waals surface area contributed by atoms with Crippen molar-refractivity contribution in [3.8, 4) is 0 Å². The van der Waals surface area contributed by atoms with Gasteiger partial charge >= 0.3 is 0 Å². The topological polar surface area (TPSA) is 21.3 Å². The minimum absolute atomic E-state index is 0.283. The Morgan fingerprint density at radius 3 is 2.94 bits per heavy atom. The van der Waals surface area contributed by atoms with Crippen LogP contribution in [-0.4, -0.2) is 18.2 Å². The molecule has 2 nitrogen and oxygen atoms in total. The minimum Gasteiger partial charge on any atom is -0.370 e. The van der Waals surface area contributed by atoms with Gasteiger partial charge in [0.1, 0.15) is 0 Å². The lowest BCUT2D eigenvalue weighted by molar-refractivity contribution is -0.0351. The molecule has 0 amide bonds.